The molecule has 0 unspecified atom stereocenters. The zero-order chi connectivity index (χ0) is 22.4. The predicted molar refractivity (Wildman–Crippen MR) is 101 cm³/mol. The van der Waals surface area contributed by atoms with Crippen LogP contribution in [0.15, 0.2) is 42.5 Å². The Morgan fingerprint density at radius 3 is 2.39 bits per heavy atom. The summed E-state index contributed by atoms with van der Waals surface area (Å²) in [6, 6.07) is 8.13. The van der Waals surface area contributed by atoms with Crippen molar-refractivity contribution in [3.05, 3.63) is 59.7 Å². The fourth-order valence-corrected chi connectivity index (χ4v) is 3.82. The van der Waals surface area contributed by atoms with Gasteiger partial charge in [-0.15, -0.1) is 0 Å². The van der Waals surface area contributed by atoms with Crippen LogP contribution in [0.5, 0.6) is 5.75 Å². The Labute approximate surface area is 174 Å². The second kappa shape index (κ2) is 7.67. The van der Waals surface area contributed by atoms with Crippen LogP contribution < -0.4 is 9.64 Å². The van der Waals surface area contributed by atoms with E-state index in [1.807, 2.05) is 0 Å². The van der Waals surface area contributed by atoms with Crippen molar-refractivity contribution < 1.29 is 36.2 Å². The van der Waals surface area contributed by atoms with Crippen molar-refractivity contribution in [1.29, 1.82) is 0 Å². The first kappa shape index (κ1) is 21.4. The molecule has 31 heavy (non-hydrogen) atoms. The molecule has 0 aromatic heterocycles. The van der Waals surface area contributed by atoms with E-state index in [2.05, 4.69) is 4.74 Å². The number of anilines is 1. The van der Waals surface area contributed by atoms with E-state index in [0.717, 1.165) is 12.1 Å². The number of benzene rings is 2. The van der Waals surface area contributed by atoms with E-state index in [0.29, 0.717) is 18.8 Å². The minimum absolute atomic E-state index is 0.0371. The second-order valence-electron chi connectivity index (χ2n) is 7.50. The van der Waals surface area contributed by atoms with Crippen LogP contribution in [0.1, 0.15) is 12.5 Å². The molecule has 2 aromatic carbocycles. The Morgan fingerprint density at radius 1 is 1.13 bits per heavy atom. The largest absolute Gasteiger partial charge is 0.484 e. The maximum atomic E-state index is 14.3. The molecule has 2 fully saturated rings. The third kappa shape index (κ3) is 4.16. The monoisotopic (exact) mass is 442 g/mol. The molecule has 2 saturated heterocycles. The van der Waals surface area contributed by atoms with E-state index in [-0.39, 0.29) is 24.0 Å². The van der Waals surface area contributed by atoms with Crippen LogP contribution in [0.3, 0.4) is 0 Å². The molecule has 0 bridgehead atoms. The summed E-state index contributed by atoms with van der Waals surface area (Å²) in [5.41, 5.74) is -0.352. The van der Waals surface area contributed by atoms with Gasteiger partial charge in [-0.05, 0) is 37.3 Å². The normalized spacial score (nSPS) is 22.1. The number of carbonyl (C=O) groups excluding carboxylic acids is 1. The van der Waals surface area contributed by atoms with Gasteiger partial charge in [0.05, 0.1) is 12.6 Å². The molecule has 2 aliphatic rings. The first-order valence-electron chi connectivity index (χ1n) is 9.58. The molecule has 0 radical (unpaired) electrons. The Kier molecular flexibility index (Phi) is 5.28. The molecule has 2 aliphatic heterocycles. The van der Waals surface area contributed by atoms with Crippen molar-refractivity contribution in [2.24, 2.45) is 0 Å². The van der Waals surface area contributed by atoms with Crippen LogP contribution in [0.2, 0.25) is 0 Å². The summed E-state index contributed by atoms with van der Waals surface area (Å²) in [7, 11) is 0. The van der Waals surface area contributed by atoms with E-state index in [1.165, 1.54) is 35.2 Å². The van der Waals surface area contributed by atoms with Crippen molar-refractivity contribution in [3.63, 3.8) is 0 Å². The maximum Gasteiger partial charge on any atom is 0.422 e. The second-order valence-corrected chi connectivity index (χ2v) is 7.50. The predicted octanol–water partition coefficient (Wildman–Crippen LogP) is 4.46. The highest BCUT2D eigenvalue weighted by molar-refractivity contribution is 5.94. The number of epoxide rings is 1. The third-order valence-corrected chi connectivity index (χ3v) is 5.58. The standard InChI is InChI=1S/C21H19F5N2O3/c1-13(20(11-31-20)17-7-2-14(22)10-18(17)23)27-8-9-28(19(27)29)15-3-5-16(6-4-15)30-12-21(24,25)26/h2-7,10,13H,8-9,11-12H2,1H3/t13-,20+/m1/s1. The number of hydrogen-bond donors (Lipinski definition) is 0. The summed E-state index contributed by atoms with van der Waals surface area (Å²) in [6.07, 6.45) is -4.44. The number of rotatable bonds is 6. The van der Waals surface area contributed by atoms with Gasteiger partial charge in [0, 0.05) is 30.4 Å². The van der Waals surface area contributed by atoms with E-state index >= 15 is 0 Å². The van der Waals surface area contributed by atoms with Crippen molar-refractivity contribution >= 4 is 11.7 Å². The summed E-state index contributed by atoms with van der Waals surface area (Å²) in [4.78, 5) is 16.0. The molecular formula is C21H19F5N2O3. The van der Waals surface area contributed by atoms with E-state index < -0.39 is 36.1 Å². The summed E-state index contributed by atoms with van der Waals surface area (Å²) in [5, 5.41) is 0. The van der Waals surface area contributed by atoms with Crippen LogP contribution in [-0.2, 0) is 10.3 Å². The van der Waals surface area contributed by atoms with Crippen LogP contribution in [0.25, 0.3) is 0 Å². The highest BCUT2D eigenvalue weighted by atomic mass is 19.4. The highest BCUT2D eigenvalue weighted by Gasteiger charge is 2.56. The SMILES string of the molecule is C[C@@H](N1CCN(c2ccc(OCC(F)(F)F)cc2)C1=O)[C@]1(c2ccc(F)cc2F)CO1. The Morgan fingerprint density at radius 2 is 1.81 bits per heavy atom. The molecule has 5 nitrogen and oxygen atoms in total. The van der Waals surface area contributed by atoms with Crippen molar-refractivity contribution in [1.82, 2.24) is 4.90 Å². The molecule has 0 spiro atoms. The van der Waals surface area contributed by atoms with Gasteiger partial charge in [-0.3, -0.25) is 4.90 Å². The number of amides is 2. The molecule has 2 amide bonds. The third-order valence-electron chi connectivity index (χ3n) is 5.58. The van der Waals surface area contributed by atoms with Gasteiger partial charge in [-0.25, -0.2) is 13.6 Å². The fraction of sp³-hybridized carbons (Fsp3) is 0.381. The van der Waals surface area contributed by atoms with Crippen molar-refractivity contribution in [2.45, 2.75) is 24.7 Å². The smallest absolute Gasteiger partial charge is 0.422 e. The average molecular weight is 442 g/mol. The van der Waals surface area contributed by atoms with Gasteiger partial charge in [-0.1, -0.05) is 6.07 Å². The lowest BCUT2D eigenvalue weighted by Crippen LogP contribution is -2.45. The van der Waals surface area contributed by atoms with Gasteiger partial charge < -0.3 is 14.4 Å². The molecule has 10 heteroatoms. The summed E-state index contributed by atoms with van der Waals surface area (Å²) >= 11 is 0. The number of ether oxygens (including phenoxy) is 2. The Balaban J connectivity index is 1.46. The highest BCUT2D eigenvalue weighted by Crippen LogP contribution is 2.46. The van der Waals surface area contributed by atoms with Crippen molar-refractivity contribution in [3.8, 4) is 5.75 Å². The van der Waals surface area contributed by atoms with Gasteiger partial charge in [0.15, 0.2) is 6.61 Å². The Hall–Kier alpha value is -2.88. The maximum absolute atomic E-state index is 14.3. The van der Waals surface area contributed by atoms with Crippen LogP contribution in [-0.4, -0.2) is 49.5 Å². The molecule has 166 valence electrons. The van der Waals surface area contributed by atoms with E-state index in [4.69, 9.17) is 4.74 Å². The lowest BCUT2D eigenvalue weighted by atomic mass is 9.91. The van der Waals surface area contributed by atoms with Crippen LogP contribution in [0.4, 0.5) is 32.4 Å². The molecule has 2 aromatic rings. The van der Waals surface area contributed by atoms with Gasteiger partial charge in [0.25, 0.3) is 0 Å². The fourth-order valence-electron chi connectivity index (χ4n) is 3.82. The summed E-state index contributed by atoms with van der Waals surface area (Å²) in [5.74, 6) is -1.40. The topological polar surface area (TPSA) is 45.3 Å². The number of halogens is 5. The molecule has 4 rings (SSSR count). The minimum atomic E-state index is -4.44. The van der Waals surface area contributed by atoms with Gasteiger partial charge in [-0.2, -0.15) is 13.2 Å². The first-order chi connectivity index (χ1) is 14.6. The quantitative estimate of drug-likeness (QED) is 0.490. The Bertz CT molecular complexity index is 976. The van der Waals surface area contributed by atoms with Crippen LogP contribution >= 0.6 is 0 Å². The lowest BCUT2D eigenvalue weighted by molar-refractivity contribution is -0.153. The molecule has 0 aliphatic carbocycles. The van der Waals surface area contributed by atoms with Crippen LogP contribution in [0, 0.1) is 11.6 Å². The summed E-state index contributed by atoms with van der Waals surface area (Å²) in [6.45, 7) is 1.23. The molecule has 2 atom stereocenters. The summed E-state index contributed by atoms with van der Waals surface area (Å²) < 4.78 is 74.6. The minimum Gasteiger partial charge on any atom is -0.484 e. The zero-order valence-electron chi connectivity index (χ0n) is 16.5. The van der Waals surface area contributed by atoms with Gasteiger partial charge >= 0.3 is 12.2 Å². The van der Waals surface area contributed by atoms with Gasteiger partial charge in [0.2, 0.25) is 0 Å². The number of alkyl halides is 3. The average Bonchev–Trinajstić information content (AvgIpc) is 3.42. The first-order valence-corrected chi connectivity index (χ1v) is 9.58. The van der Waals surface area contributed by atoms with E-state index in [1.54, 1.807) is 11.8 Å². The zero-order valence-corrected chi connectivity index (χ0v) is 16.5. The number of nitrogens with zero attached hydrogens (tertiary/aromatic N) is 2. The molecule has 0 saturated carbocycles. The molecule has 2 heterocycles. The molecule has 0 N–H and O–H groups in total. The number of hydrogen-bond acceptors (Lipinski definition) is 3. The van der Waals surface area contributed by atoms with Crippen molar-refractivity contribution in [2.75, 3.05) is 31.2 Å². The lowest BCUT2D eigenvalue weighted by Gasteiger charge is -2.30. The number of urea groups is 1. The van der Waals surface area contributed by atoms with Gasteiger partial charge in [0.1, 0.15) is 23.0 Å². The number of carbonyl (C=O) groups is 1. The molecular weight excluding hydrogens is 423 g/mol. The van der Waals surface area contributed by atoms with E-state index in [9.17, 15) is 26.7 Å².